The SMILES string of the molecule is CNCC1CCCN(C(C)c2ccc(OC)c(C)c2C)C1.CSc1ccc(C=O)cc1. The van der Waals surface area contributed by atoms with E-state index >= 15 is 0 Å². The van der Waals surface area contributed by atoms with E-state index in [4.69, 9.17) is 4.74 Å². The van der Waals surface area contributed by atoms with Gasteiger partial charge in [-0.1, -0.05) is 18.2 Å². The molecule has 0 spiro atoms. The summed E-state index contributed by atoms with van der Waals surface area (Å²) in [5.74, 6) is 1.78. The Bertz CT molecular complexity index is 821. The molecular formula is C26H38N2O2S. The van der Waals surface area contributed by atoms with E-state index in [0.717, 1.165) is 30.1 Å². The molecular weight excluding hydrogens is 404 g/mol. The summed E-state index contributed by atoms with van der Waals surface area (Å²) in [5, 5.41) is 3.33. The van der Waals surface area contributed by atoms with Crippen LogP contribution in [-0.2, 0) is 0 Å². The lowest BCUT2D eigenvalue weighted by Crippen LogP contribution is -2.40. The number of hydrogen-bond acceptors (Lipinski definition) is 5. The number of carbonyl (C=O) groups is 1. The molecule has 1 N–H and O–H groups in total. The number of thioether (sulfide) groups is 1. The maximum atomic E-state index is 10.2. The highest BCUT2D eigenvalue weighted by molar-refractivity contribution is 7.98. The second-order valence-electron chi connectivity index (χ2n) is 8.23. The Morgan fingerprint density at radius 1 is 1.19 bits per heavy atom. The van der Waals surface area contributed by atoms with E-state index in [2.05, 4.69) is 50.2 Å². The number of aldehydes is 1. The number of carbonyl (C=O) groups excluding carboxylic acids is 1. The van der Waals surface area contributed by atoms with Gasteiger partial charge in [0.25, 0.3) is 0 Å². The van der Waals surface area contributed by atoms with Gasteiger partial charge >= 0.3 is 0 Å². The summed E-state index contributed by atoms with van der Waals surface area (Å²) >= 11 is 1.67. The minimum absolute atomic E-state index is 0.481. The number of piperidine rings is 1. The van der Waals surface area contributed by atoms with Crippen molar-refractivity contribution in [3.63, 3.8) is 0 Å². The van der Waals surface area contributed by atoms with E-state index in [1.54, 1.807) is 18.9 Å². The summed E-state index contributed by atoms with van der Waals surface area (Å²) in [6.45, 7) is 10.3. The molecule has 1 heterocycles. The molecule has 1 aliphatic rings. The fourth-order valence-electron chi connectivity index (χ4n) is 4.27. The van der Waals surface area contributed by atoms with Crippen molar-refractivity contribution in [2.24, 2.45) is 5.92 Å². The first-order valence-electron chi connectivity index (χ1n) is 11.1. The Balaban J connectivity index is 0.000000285. The number of methoxy groups -OCH3 is 1. The lowest BCUT2D eigenvalue weighted by Gasteiger charge is -2.37. The van der Waals surface area contributed by atoms with Crippen LogP contribution in [0.4, 0.5) is 0 Å². The summed E-state index contributed by atoms with van der Waals surface area (Å²) < 4.78 is 5.43. The van der Waals surface area contributed by atoms with Crippen LogP contribution < -0.4 is 10.1 Å². The highest BCUT2D eigenvalue weighted by Crippen LogP contribution is 2.32. The van der Waals surface area contributed by atoms with Crippen LogP contribution in [0.15, 0.2) is 41.3 Å². The predicted octanol–water partition coefficient (Wildman–Crippen LogP) is 5.53. The molecule has 170 valence electrons. The first-order chi connectivity index (χ1) is 14.9. The molecule has 0 bridgehead atoms. The minimum Gasteiger partial charge on any atom is -0.496 e. The average Bonchev–Trinajstić information content (AvgIpc) is 2.81. The molecule has 5 heteroatoms. The van der Waals surface area contributed by atoms with Crippen LogP contribution in [0, 0.1) is 19.8 Å². The van der Waals surface area contributed by atoms with Gasteiger partial charge in [-0.2, -0.15) is 0 Å². The number of benzene rings is 2. The van der Waals surface area contributed by atoms with Gasteiger partial charge in [-0.15, -0.1) is 11.8 Å². The fourth-order valence-corrected chi connectivity index (χ4v) is 4.68. The van der Waals surface area contributed by atoms with Crippen molar-refractivity contribution in [2.75, 3.05) is 40.0 Å². The number of likely N-dealkylation sites (tertiary alicyclic amines) is 1. The molecule has 3 rings (SSSR count). The van der Waals surface area contributed by atoms with E-state index in [-0.39, 0.29) is 0 Å². The Kier molecular flexibility index (Phi) is 10.6. The maximum absolute atomic E-state index is 10.2. The number of ether oxygens (including phenoxy) is 1. The first-order valence-corrected chi connectivity index (χ1v) is 12.3. The lowest BCUT2D eigenvalue weighted by molar-refractivity contribution is 0.112. The zero-order valence-electron chi connectivity index (χ0n) is 19.9. The molecule has 0 radical (unpaired) electrons. The van der Waals surface area contributed by atoms with E-state index < -0.39 is 0 Å². The van der Waals surface area contributed by atoms with E-state index in [1.807, 2.05) is 30.5 Å². The van der Waals surface area contributed by atoms with Crippen molar-refractivity contribution in [2.45, 2.75) is 44.6 Å². The molecule has 2 unspecified atom stereocenters. The van der Waals surface area contributed by atoms with Crippen LogP contribution in [0.2, 0.25) is 0 Å². The van der Waals surface area contributed by atoms with Crippen molar-refractivity contribution in [3.05, 3.63) is 58.7 Å². The molecule has 0 aromatic heterocycles. The van der Waals surface area contributed by atoms with E-state index in [9.17, 15) is 4.79 Å². The normalized spacial score (nSPS) is 17.4. The van der Waals surface area contributed by atoms with Gasteiger partial charge in [0.15, 0.2) is 0 Å². The second kappa shape index (κ2) is 12.9. The topological polar surface area (TPSA) is 41.6 Å². The summed E-state index contributed by atoms with van der Waals surface area (Å²) in [7, 11) is 3.80. The van der Waals surface area contributed by atoms with Crippen molar-refractivity contribution in [3.8, 4) is 5.75 Å². The maximum Gasteiger partial charge on any atom is 0.150 e. The summed E-state index contributed by atoms with van der Waals surface area (Å²) in [6.07, 6.45) is 5.52. The molecule has 2 aromatic rings. The van der Waals surface area contributed by atoms with Gasteiger partial charge in [0.1, 0.15) is 12.0 Å². The first kappa shape index (κ1) is 25.4. The summed E-state index contributed by atoms with van der Waals surface area (Å²) in [6, 6.07) is 12.4. The zero-order chi connectivity index (χ0) is 22.8. The average molecular weight is 443 g/mol. The Morgan fingerprint density at radius 3 is 2.48 bits per heavy atom. The standard InChI is InChI=1S/C18H30N2O.C8H8OS/c1-13-14(2)18(21-5)9-8-17(13)15(3)20-10-6-7-16(12-20)11-19-4;1-10-8-4-2-7(6-9)3-5-8/h8-9,15-16,19H,6-7,10-12H2,1-5H3;2-6H,1H3. The van der Waals surface area contributed by atoms with Gasteiger partial charge < -0.3 is 10.1 Å². The quantitative estimate of drug-likeness (QED) is 0.451. The van der Waals surface area contributed by atoms with Crippen molar-refractivity contribution in [1.29, 1.82) is 0 Å². The van der Waals surface area contributed by atoms with Crippen LogP contribution in [0.3, 0.4) is 0 Å². The van der Waals surface area contributed by atoms with E-state index in [0.29, 0.717) is 6.04 Å². The third kappa shape index (κ3) is 7.09. The van der Waals surface area contributed by atoms with Crippen molar-refractivity contribution in [1.82, 2.24) is 10.2 Å². The van der Waals surface area contributed by atoms with Gasteiger partial charge in [0.05, 0.1) is 7.11 Å². The second-order valence-corrected chi connectivity index (χ2v) is 9.11. The third-order valence-corrected chi connectivity index (χ3v) is 7.04. The van der Waals surface area contributed by atoms with Crippen LogP contribution in [0.5, 0.6) is 5.75 Å². The third-order valence-electron chi connectivity index (χ3n) is 6.29. The number of nitrogens with zero attached hydrogens (tertiary/aromatic N) is 1. The van der Waals surface area contributed by atoms with Gasteiger partial charge in [0.2, 0.25) is 0 Å². The Labute approximate surface area is 192 Å². The van der Waals surface area contributed by atoms with Gasteiger partial charge in [-0.3, -0.25) is 9.69 Å². The van der Waals surface area contributed by atoms with Gasteiger partial charge in [-0.05, 0) is 101 Å². The number of rotatable bonds is 7. The van der Waals surface area contributed by atoms with Gasteiger partial charge in [-0.25, -0.2) is 0 Å². The molecule has 4 nitrogen and oxygen atoms in total. The molecule has 1 saturated heterocycles. The van der Waals surface area contributed by atoms with Gasteiger partial charge in [0, 0.05) is 23.0 Å². The number of hydrogen-bond donors (Lipinski definition) is 1. The smallest absolute Gasteiger partial charge is 0.150 e. The van der Waals surface area contributed by atoms with Crippen LogP contribution in [-0.4, -0.2) is 51.2 Å². The highest BCUT2D eigenvalue weighted by atomic mass is 32.2. The summed E-state index contributed by atoms with van der Waals surface area (Å²) in [5.41, 5.74) is 4.82. The molecule has 1 fully saturated rings. The van der Waals surface area contributed by atoms with Crippen molar-refractivity contribution < 1.29 is 9.53 Å². The fraction of sp³-hybridized carbons (Fsp3) is 0.500. The van der Waals surface area contributed by atoms with Crippen LogP contribution >= 0.6 is 11.8 Å². The Morgan fingerprint density at radius 2 is 1.90 bits per heavy atom. The molecule has 2 atom stereocenters. The highest BCUT2D eigenvalue weighted by Gasteiger charge is 2.25. The Hall–Kier alpha value is -1.82. The molecule has 0 amide bonds. The number of nitrogens with one attached hydrogen (secondary N) is 1. The predicted molar refractivity (Wildman–Crippen MR) is 133 cm³/mol. The molecule has 0 aliphatic carbocycles. The van der Waals surface area contributed by atoms with Crippen LogP contribution in [0.1, 0.15) is 52.9 Å². The monoisotopic (exact) mass is 442 g/mol. The minimum atomic E-state index is 0.481. The molecule has 1 aliphatic heterocycles. The van der Waals surface area contributed by atoms with E-state index in [1.165, 1.54) is 47.5 Å². The summed E-state index contributed by atoms with van der Waals surface area (Å²) in [4.78, 5) is 14.0. The largest absolute Gasteiger partial charge is 0.496 e. The molecule has 2 aromatic carbocycles. The van der Waals surface area contributed by atoms with Crippen LogP contribution in [0.25, 0.3) is 0 Å². The van der Waals surface area contributed by atoms with Crippen molar-refractivity contribution >= 4 is 18.0 Å². The molecule has 31 heavy (non-hydrogen) atoms. The lowest BCUT2D eigenvalue weighted by atomic mass is 9.92. The zero-order valence-corrected chi connectivity index (χ0v) is 20.7. The molecule has 0 saturated carbocycles.